The molecule has 136 valence electrons. The number of aromatic nitrogens is 2. The number of carboxylic acid groups (broad SMARTS) is 1. The Kier molecular flexibility index (Phi) is 5.13. The van der Waals surface area contributed by atoms with Crippen LogP contribution >= 0.6 is 0 Å². The van der Waals surface area contributed by atoms with Crippen LogP contribution in [0.2, 0.25) is 0 Å². The predicted molar refractivity (Wildman–Crippen MR) is 94.4 cm³/mol. The fourth-order valence-corrected chi connectivity index (χ4v) is 2.71. The normalized spacial score (nSPS) is 17.0. The van der Waals surface area contributed by atoms with Gasteiger partial charge in [0.25, 0.3) is 5.91 Å². The summed E-state index contributed by atoms with van der Waals surface area (Å²) >= 11 is 0. The Morgan fingerprint density at radius 2 is 1.88 bits per heavy atom. The van der Waals surface area contributed by atoms with Gasteiger partial charge in [0, 0.05) is 32.4 Å². The van der Waals surface area contributed by atoms with Gasteiger partial charge in [-0.3, -0.25) is 4.79 Å². The Morgan fingerprint density at radius 3 is 2.54 bits per heavy atom. The number of carbonyl (C=O) groups is 2. The van der Waals surface area contributed by atoms with E-state index in [1.165, 1.54) is 24.3 Å². The maximum absolute atomic E-state index is 12.7. The first-order chi connectivity index (χ1) is 12.5. The highest BCUT2D eigenvalue weighted by molar-refractivity contribution is 5.96. The number of rotatable bonds is 4. The van der Waals surface area contributed by atoms with E-state index in [-0.39, 0.29) is 17.6 Å². The molecule has 2 aromatic rings. The largest absolute Gasteiger partial charge is 0.478 e. The van der Waals surface area contributed by atoms with Crippen LogP contribution in [-0.2, 0) is 4.74 Å². The van der Waals surface area contributed by atoms with Gasteiger partial charge in [0.1, 0.15) is 6.10 Å². The summed E-state index contributed by atoms with van der Waals surface area (Å²) < 4.78 is 5.79. The number of carbonyl (C=O) groups excluding carboxylic acids is 1. The van der Waals surface area contributed by atoms with Crippen LogP contribution in [0.15, 0.2) is 36.5 Å². The summed E-state index contributed by atoms with van der Waals surface area (Å²) in [5.41, 5.74) is 1.33. The molecule has 1 saturated heterocycles. The monoisotopic (exact) mass is 356 g/mol. The summed E-state index contributed by atoms with van der Waals surface area (Å²) in [6.07, 6.45) is 1.35. The van der Waals surface area contributed by atoms with Crippen LogP contribution in [0.3, 0.4) is 0 Å². The third kappa shape index (κ3) is 3.80. The molecule has 8 heteroatoms. The molecule has 0 aliphatic carbocycles. The molecule has 3 rings (SSSR count). The number of ether oxygens (including phenoxy) is 1. The lowest BCUT2D eigenvalue weighted by atomic mass is 10.1. The summed E-state index contributed by atoms with van der Waals surface area (Å²) in [5, 5.41) is 8.96. The van der Waals surface area contributed by atoms with Gasteiger partial charge in [-0.25, -0.2) is 14.8 Å². The number of nitrogens with zero attached hydrogens (tertiary/aromatic N) is 4. The minimum atomic E-state index is -1.02. The van der Waals surface area contributed by atoms with Crippen molar-refractivity contribution < 1.29 is 19.4 Å². The van der Waals surface area contributed by atoms with Crippen LogP contribution in [0.4, 0.5) is 5.95 Å². The third-order valence-electron chi connectivity index (χ3n) is 4.13. The van der Waals surface area contributed by atoms with E-state index in [1.807, 2.05) is 14.1 Å². The molecule has 1 aromatic carbocycles. The summed E-state index contributed by atoms with van der Waals surface area (Å²) in [7, 11) is 3.72. The Hall–Kier alpha value is -3.00. The molecule has 1 atom stereocenters. The molecular weight excluding hydrogens is 336 g/mol. The molecule has 2 heterocycles. The minimum Gasteiger partial charge on any atom is -0.478 e. The Labute approximate surface area is 151 Å². The lowest BCUT2D eigenvalue weighted by Crippen LogP contribution is -2.42. The van der Waals surface area contributed by atoms with Gasteiger partial charge in [0.2, 0.25) is 5.95 Å². The van der Waals surface area contributed by atoms with Gasteiger partial charge in [-0.15, -0.1) is 0 Å². The fraction of sp³-hybridized carbons (Fsp3) is 0.333. The summed E-state index contributed by atoms with van der Waals surface area (Å²) in [6.45, 7) is 1.26. The second-order valence-corrected chi connectivity index (χ2v) is 6.17. The molecule has 0 spiro atoms. The standard InChI is InChI=1S/C18H20N4O4/c1-21(2)18-19-8-7-14(20-18)15-11-22(9-10-26-15)16(23)12-3-5-13(6-4-12)17(24)25/h3-8,15H,9-11H2,1-2H3,(H,24,25). The van der Waals surface area contributed by atoms with E-state index in [2.05, 4.69) is 9.97 Å². The maximum atomic E-state index is 12.7. The number of carboxylic acids is 1. The van der Waals surface area contributed by atoms with Crippen molar-refractivity contribution in [3.63, 3.8) is 0 Å². The molecule has 1 aliphatic rings. The highest BCUT2D eigenvalue weighted by Crippen LogP contribution is 2.23. The molecule has 0 saturated carbocycles. The minimum absolute atomic E-state index is 0.151. The van der Waals surface area contributed by atoms with E-state index in [1.54, 1.807) is 22.1 Å². The van der Waals surface area contributed by atoms with Crippen molar-refractivity contribution in [3.05, 3.63) is 53.3 Å². The zero-order valence-corrected chi connectivity index (χ0v) is 14.6. The van der Waals surface area contributed by atoms with E-state index >= 15 is 0 Å². The molecule has 8 nitrogen and oxygen atoms in total. The van der Waals surface area contributed by atoms with Gasteiger partial charge >= 0.3 is 5.97 Å². The number of anilines is 1. The van der Waals surface area contributed by atoms with E-state index in [9.17, 15) is 9.59 Å². The average molecular weight is 356 g/mol. The van der Waals surface area contributed by atoms with Gasteiger partial charge < -0.3 is 19.6 Å². The number of benzene rings is 1. The maximum Gasteiger partial charge on any atom is 0.335 e. The Bertz CT molecular complexity index is 807. The molecule has 1 N–H and O–H groups in total. The molecule has 1 aromatic heterocycles. The highest BCUT2D eigenvalue weighted by Gasteiger charge is 2.27. The zero-order chi connectivity index (χ0) is 18.7. The lowest BCUT2D eigenvalue weighted by Gasteiger charge is -2.33. The van der Waals surface area contributed by atoms with Crippen LogP contribution in [0, 0.1) is 0 Å². The quantitative estimate of drug-likeness (QED) is 0.886. The van der Waals surface area contributed by atoms with Gasteiger partial charge in [-0.1, -0.05) is 0 Å². The van der Waals surface area contributed by atoms with Crippen molar-refractivity contribution in [3.8, 4) is 0 Å². The molecular formula is C18H20N4O4. The van der Waals surface area contributed by atoms with E-state index < -0.39 is 5.97 Å². The van der Waals surface area contributed by atoms with Crippen LogP contribution in [0.25, 0.3) is 0 Å². The highest BCUT2D eigenvalue weighted by atomic mass is 16.5. The fourth-order valence-electron chi connectivity index (χ4n) is 2.71. The number of hydrogen-bond donors (Lipinski definition) is 1. The van der Waals surface area contributed by atoms with Crippen molar-refractivity contribution in [2.24, 2.45) is 0 Å². The van der Waals surface area contributed by atoms with Crippen molar-refractivity contribution in [2.45, 2.75) is 6.10 Å². The van der Waals surface area contributed by atoms with Crippen molar-refractivity contribution in [2.75, 3.05) is 38.7 Å². The molecule has 0 bridgehead atoms. The van der Waals surface area contributed by atoms with Gasteiger partial charge in [0.05, 0.1) is 24.4 Å². The average Bonchev–Trinajstić information content (AvgIpc) is 2.67. The summed E-state index contributed by atoms with van der Waals surface area (Å²) in [5.74, 6) is -0.591. The van der Waals surface area contributed by atoms with Crippen LogP contribution in [-0.4, -0.2) is 65.6 Å². The van der Waals surface area contributed by atoms with Crippen molar-refractivity contribution in [1.29, 1.82) is 0 Å². The molecule has 1 amide bonds. The second kappa shape index (κ2) is 7.49. The smallest absolute Gasteiger partial charge is 0.335 e. The number of morpholine rings is 1. The third-order valence-corrected chi connectivity index (χ3v) is 4.13. The van der Waals surface area contributed by atoms with Gasteiger partial charge in [-0.05, 0) is 30.3 Å². The molecule has 26 heavy (non-hydrogen) atoms. The summed E-state index contributed by atoms with van der Waals surface area (Å²) in [4.78, 5) is 35.8. The topological polar surface area (TPSA) is 95.9 Å². The van der Waals surface area contributed by atoms with Crippen LogP contribution in [0.1, 0.15) is 32.5 Å². The second-order valence-electron chi connectivity index (χ2n) is 6.17. The summed E-state index contributed by atoms with van der Waals surface area (Å²) in [6, 6.07) is 7.71. The van der Waals surface area contributed by atoms with E-state index in [0.717, 1.165) is 5.69 Å². The Balaban J connectivity index is 1.74. The van der Waals surface area contributed by atoms with E-state index in [4.69, 9.17) is 9.84 Å². The van der Waals surface area contributed by atoms with Crippen molar-refractivity contribution >= 4 is 17.8 Å². The molecule has 0 radical (unpaired) electrons. The predicted octanol–water partition coefficient (Wildman–Crippen LogP) is 1.45. The van der Waals surface area contributed by atoms with Crippen LogP contribution in [0.5, 0.6) is 0 Å². The first-order valence-corrected chi connectivity index (χ1v) is 8.20. The molecule has 1 aliphatic heterocycles. The number of aromatic carboxylic acids is 1. The number of amides is 1. The van der Waals surface area contributed by atoms with Gasteiger partial charge in [0.15, 0.2) is 0 Å². The van der Waals surface area contributed by atoms with Crippen molar-refractivity contribution in [1.82, 2.24) is 14.9 Å². The van der Waals surface area contributed by atoms with E-state index in [0.29, 0.717) is 31.2 Å². The first kappa shape index (κ1) is 17.8. The zero-order valence-electron chi connectivity index (χ0n) is 14.6. The van der Waals surface area contributed by atoms with Gasteiger partial charge in [-0.2, -0.15) is 0 Å². The molecule has 1 unspecified atom stereocenters. The van der Waals surface area contributed by atoms with Crippen LogP contribution < -0.4 is 4.90 Å². The number of hydrogen-bond acceptors (Lipinski definition) is 6. The first-order valence-electron chi connectivity index (χ1n) is 8.20. The Morgan fingerprint density at radius 1 is 1.19 bits per heavy atom. The molecule has 1 fully saturated rings. The lowest BCUT2D eigenvalue weighted by molar-refractivity contribution is -0.0247. The SMILES string of the molecule is CN(C)c1nccc(C2CN(C(=O)c3ccc(C(=O)O)cc3)CCO2)n1.